The van der Waals surface area contributed by atoms with E-state index in [9.17, 15) is 19.8 Å². The van der Waals surface area contributed by atoms with E-state index in [0.29, 0.717) is 19.4 Å². The lowest BCUT2D eigenvalue weighted by molar-refractivity contribution is -0.143. The molecule has 2 atom stereocenters. The van der Waals surface area contributed by atoms with Crippen molar-refractivity contribution in [2.24, 2.45) is 0 Å². The molecule has 0 aromatic heterocycles. The molecular formula is C51H97NO5. The maximum absolute atomic E-state index is 12.4. The first-order chi connectivity index (χ1) is 28.0. The van der Waals surface area contributed by atoms with Crippen LogP contribution in [0.3, 0.4) is 0 Å². The van der Waals surface area contributed by atoms with E-state index in [4.69, 9.17) is 4.74 Å². The fourth-order valence-electron chi connectivity index (χ4n) is 7.55. The highest BCUT2D eigenvalue weighted by Crippen LogP contribution is 2.16. The molecule has 3 N–H and O–H groups in total. The molecular weight excluding hydrogens is 707 g/mol. The zero-order valence-electron chi connectivity index (χ0n) is 38.1. The number of hydrogen-bond donors (Lipinski definition) is 3. The predicted molar refractivity (Wildman–Crippen MR) is 246 cm³/mol. The van der Waals surface area contributed by atoms with Crippen molar-refractivity contribution in [3.05, 3.63) is 24.3 Å². The monoisotopic (exact) mass is 804 g/mol. The molecule has 0 saturated heterocycles. The second-order valence-electron chi connectivity index (χ2n) is 17.1. The Labute approximate surface area is 354 Å². The van der Waals surface area contributed by atoms with Gasteiger partial charge in [-0.1, -0.05) is 224 Å². The summed E-state index contributed by atoms with van der Waals surface area (Å²) in [5, 5.41) is 22.9. The van der Waals surface area contributed by atoms with E-state index in [2.05, 4.69) is 31.3 Å². The van der Waals surface area contributed by atoms with Crippen LogP contribution in [0.1, 0.15) is 264 Å². The van der Waals surface area contributed by atoms with E-state index in [1.165, 1.54) is 193 Å². The third-order valence-electron chi connectivity index (χ3n) is 11.5. The van der Waals surface area contributed by atoms with Crippen molar-refractivity contribution in [1.82, 2.24) is 5.32 Å². The molecule has 0 aromatic rings. The van der Waals surface area contributed by atoms with Crippen LogP contribution in [0.2, 0.25) is 0 Å². The smallest absolute Gasteiger partial charge is 0.305 e. The van der Waals surface area contributed by atoms with Crippen LogP contribution in [0, 0.1) is 0 Å². The first-order valence-electron chi connectivity index (χ1n) is 25.1. The summed E-state index contributed by atoms with van der Waals surface area (Å²) >= 11 is 0. The van der Waals surface area contributed by atoms with E-state index in [0.717, 1.165) is 44.9 Å². The number of nitrogens with one attached hydrogen (secondary N) is 1. The predicted octanol–water partition coefficient (Wildman–Crippen LogP) is 14.7. The molecule has 57 heavy (non-hydrogen) atoms. The Balaban J connectivity index is 3.39. The lowest BCUT2D eigenvalue weighted by atomic mass is 10.0. The summed E-state index contributed by atoms with van der Waals surface area (Å²) in [6, 6.07) is -0.626. The summed E-state index contributed by atoms with van der Waals surface area (Å²) in [4.78, 5) is 24.3. The Morgan fingerprint density at radius 2 is 0.842 bits per heavy atom. The molecule has 1 amide bonds. The minimum absolute atomic E-state index is 0.00189. The molecule has 0 aliphatic rings. The molecule has 0 radical (unpaired) electrons. The quantitative estimate of drug-likeness (QED) is 0.0324. The van der Waals surface area contributed by atoms with Crippen molar-refractivity contribution in [3.8, 4) is 0 Å². The van der Waals surface area contributed by atoms with Gasteiger partial charge in [0.2, 0.25) is 5.91 Å². The van der Waals surface area contributed by atoms with Gasteiger partial charge in [0.15, 0.2) is 0 Å². The molecule has 0 aliphatic carbocycles. The molecule has 6 heteroatoms. The Kier molecular flexibility index (Phi) is 45.7. The highest BCUT2D eigenvalue weighted by molar-refractivity contribution is 5.76. The summed E-state index contributed by atoms with van der Waals surface area (Å²) in [5.74, 6) is -0.0749. The SMILES string of the molecule is CCCC/C=C\CCCCCCCC(=O)OCCCCCCCCCCCCCCCCCCCCCCC(=O)NC(CO)C(O)/C=C/CCCCCCCCC. The zero-order chi connectivity index (χ0) is 41.5. The average Bonchev–Trinajstić information content (AvgIpc) is 3.21. The lowest BCUT2D eigenvalue weighted by Crippen LogP contribution is -2.45. The molecule has 0 fully saturated rings. The molecule has 2 unspecified atom stereocenters. The summed E-state index contributed by atoms with van der Waals surface area (Å²) in [7, 11) is 0. The van der Waals surface area contributed by atoms with Crippen LogP contribution in [0.4, 0.5) is 0 Å². The minimum Gasteiger partial charge on any atom is -0.466 e. The summed E-state index contributed by atoms with van der Waals surface area (Å²) in [6.45, 7) is 4.83. The molecule has 0 spiro atoms. The van der Waals surface area contributed by atoms with Crippen LogP contribution < -0.4 is 5.32 Å². The molecule has 0 saturated carbocycles. The van der Waals surface area contributed by atoms with Crippen LogP contribution in [-0.4, -0.2) is 47.4 Å². The van der Waals surface area contributed by atoms with Gasteiger partial charge < -0.3 is 20.3 Å². The number of hydrogen-bond acceptors (Lipinski definition) is 5. The van der Waals surface area contributed by atoms with E-state index in [1.807, 2.05) is 6.08 Å². The fraction of sp³-hybridized carbons (Fsp3) is 0.882. The Morgan fingerprint density at radius 1 is 0.474 bits per heavy atom. The third-order valence-corrected chi connectivity index (χ3v) is 11.5. The fourth-order valence-corrected chi connectivity index (χ4v) is 7.55. The number of amides is 1. The van der Waals surface area contributed by atoms with E-state index in [-0.39, 0.29) is 18.5 Å². The van der Waals surface area contributed by atoms with Gasteiger partial charge in [-0.2, -0.15) is 0 Å². The van der Waals surface area contributed by atoms with Crippen molar-refractivity contribution in [2.45, 2.75) is 276 Å². The normalized spacial score (nSPS) is 12.8. The van der Waals surface area contributed by atoms with Crippen molar-refractivity contribution in [3.63, 3.8) is 0 Å². The number of ether oxygens (including phenoxy) is 1. The number of esters is 1. The molecule has 336 valence electrons. The standard InChI is InChI=1S/C51H97NO5/c1-3-5-7-9-11-13-24-29-33-37-41-45-51(56)57-46-42-38-34-30-26-23-21-19-17-15-14-16-18-20-22-25-28-32-36-40-44-50(55)52-48(47-53)49(54)43-39-35-31-27-12-10-8-6-4-2/h9,11,39,43,48-49,53-54H,3-8,10,12-38,40-42,44-47H2,1-2H3,(H,52,55)/b11-9-,43-39+. The van der Waals surface area contributed by atoms with E-state index >= 15 is 0 Å². The molecule has 0 bridgehead atoms. The number of aliphatic hydroxyl groups is 2. The van der Waals surface area contributed by atoms with Crippen LogP contribution >= 0.6 is 0 Å². The van der Waals surface area contributed by atoms with Gasteiger partial charge in [-0.3, -0.25) is 9.59 Å². The molecule has 0 aliphatic heterocycles. The minimum atomic E-state index is -0.842. The first kappa shape index (κ1) is 55.3. The van der Waals surface area contributed by atoms with Crippen LogP contribution in [-0.2, 0) is 14.3 Å². The molecule has 6 nitrogen and oxygen atoms in total. The number of aliphatic hydroxyl groups excluding tert-OH is 2. The maximum Gasteiger partial charge on any atom is 0.305 e. The maximum atomic E-state index is 12.4. The van der Waals surface area contributed by atoms with E-state index < -0.39 is 12.1 Å². The highest BCUT2D eigenvalue weighted by Gasteiger charge is 2.18. The second-order valence-corrected chi connectivity index (χ2v) is 17.1. The Hall–Kier alpha value is -1.66. The number of carbonyl (C=O) groups excluding carboxylic acids is 2. The number of rotatable bonds is 46. The lowest BCUT2D eigenvalue weighted by Gasteiger charge is -2.20. The topological polar surface area (TPSA) is 95.9 Å². The zero-order valence-corrected chi connectivity index (χ0v) is 38.1. The Morgan fingerprint density at radius 3 is 1.30 bits per heavy atom. The third kappa shape index (κ3) is 43.7. The van der Waals surface area contributed by atoms with Crippen molar-refractivity contribution >= 4 is 11.9 Å². The van der Waals surface area contributed by atoms with Crippen LogP contribution in [0.25, 0.3) is 0 Å². The summed E-state index contributed by atoms with van der Waals surface area (Å²) in [6.07, 6.45) is 54.7. The van der Waals surface area contributed by atoms with Gasteiger partial charge in [0, 0.05) is 12.8 Å². The number of carbonyl (C=O) groups is 2. The van der Waals surface area contributed by atoms with Gasteiger partial charge in [-0.25, -0.2) is 0 Å². The highest BCUT2D eigenvalue weighted by atomic mass is 16.5. The van der Waals surface area contributed by atoms with Crippen molar-refractivity contribution in [2.75, 3.05) is 13.2 Å². The summed E-state index contributed by atoms with van der Waals surface area (Å²) in [5.41, 5.74) is 0. The number of unbranched alkanes of at least 4 members (excludes halogenated alkanes) is 33. The van der Waals surface area contributed by atoms with Crippen LogP contribution in [0.5, 0.6) is 0 Å². The average molecular weight is 804 g/mol. The van der Waals surface area contributed by atoms with Crippen LogP contribution in [0.15, 0.2) is 24.3 Å². The second kappa shape index (κ2) is 47.0. The van der Waals surface area contributed by atoms with Gasteiger partial charge in [-0.05, 0) is 51.4 Å². The number of allylic oxidation sites excluding steroid dienone is 3. The summed E-state index contributed by atoms with van der Waals surface area (Å²) < 4.78 is 5.44. The van der Waals surface area contributed by atoms with Gasteiger partial charge in [0.1, 0.15) is 0 Å². The first-order valence-corrected chi connectivity index (χ1v) is 25.1. The molecule has 0 heterocycles. The van der Waals surface area contributed by atoms with Gasteiger partial charge in [0.05, 0.1) is 25.4 Å². The van der Waals surface area contributed by atoms with Crippen molar-refractivity contribution in [1.29, 1.82) is 0 Å². The van der Waals surface area contributed by atoms with E-state index in [1.54, 1.807) is 6.08 Å². The van der Waals surface area contributed by atoms with Gasteiger partial charge in [0.25, 0.3) is 0 Å². The van der Waals surface area contributed by atoms with Gasteiger partial charge in [-0.15, -0.1) is 0 Å². The van der Waals surface area contributed by atoms with Gasteiger partial charge >= 0.3 is 5.97 Å². The largest absolute Gasteiger partial charge is 0.466 e. The molecule has 0 aromatic carbocycles. The molecule has 0 rings (SSSR count). The Bertz CT molecular complexity index is 889. The van der Waals surface area contributed by atoms with Crippen molar-refractivity contribution < 1.29 is 24.5 Å².